The van der Waals surface area contributed by atoms with Crippen molar-refractivity contribution >= 4 is 0 Å². The second-order valence-corrected chi connectivity index (χ2v) is 11.8. The molecular weight excluding hydrogens is 384 g/mol. The molecule has 0 aromatic heterocycles. The quantitative estimate of drug-likeness (QED) is 0.488. The van der Waals surface area contributed by atoms with Crippen LogP contribution in [0.4, 0.5) is 0 Å². The zero-order valence-corrected chi connectivity index (χ0v) is 20.5. The lowest BCUT2D eigenvalue weighted by Gasteiger charge is -2.44. The van der Waals surface area contributed by atoms with E-state index in [1.54, 1.807) is 5.57 Å². The van der Waals surface area contributed by atoms with E-state index >= 15 is 0 Å². The molecule has 0 heterocycles. The van der Waals surface area contributed by atoms with E-state index in [1.165, 1.54) is 38.5 Å². The maximum absolute atomic E-state index is 10.3. The lowest BCUT2D eigenvalue weighted by molar-refractivity contribution is 0.0150. The first kappa shape index (κ1) is 24.7. The van der Waals surface area contributed by atoms with Crippen LogP contribution in [0.2, 0.25) is 0 Å². The third kappa shape index (κ3) is 5.37. The van der Waals surface area contributed by atoms with Crippen molar-refractivity contribution in [2.24, 2.45) is 29.1 Å². The summed E-state index contributed by atoms with van der Waals surface area (Å²) in [4.78, 5) is 0. The molecule has 3 fully saturated rings. The topological polar surface area (TPSA) is 60.7 Å². The van der Waals surface area contributed by atoms with Crippen molar-refractivity contribution < 1.29 is 15.3 Å². The third-order valence-electron chi connectivity index (χ3n) is 9.25. The fourth-order valence-electron chi connectivity index (χ4n) is 6.75. The minimum Gasteiger partial charge on any atom is -0.393 e. The Morgan fingerprint density at radius 1 is 1.16 bits per heavy atom. The minimum atomic E-state index is -0.618. The Morgan fingerprint density at radius 3 is 2.55 bits per heavy atom. The number of rotatable bonds is 6. The van der Waals surface area contributed by atoms with Crippen LogP contribution in [0.1, 0.15) is 92.4 Å². The molecule has 0 aliphatic heterocycles. The summed E-state index contributed by atoms with van der Waals surface area (Å²) in [5.41, 5.74) is 3.11. The summed E-state index contributed by atoms with van der Waals surface area (Å²) in [6, 6.07) is 0. The third-order valence-corrected chi connectivity index (χ3v) is 9.25. The van der Waals surface area contributed by atoms with Gasteiger partial charge in [-0.25, -0.2) is 0 Å². The molecule has 3 saturated carbocycles. The second-order valence-electron chi connectivity index (χ2n) is 11.8. The monoisotopic (exact) mass is 430 g/mol. The molecule has 176 valence electrons. The summed E-state index contributed by atoms with van der Waals surface area (Å²) in [6.45, 7) is 15.1. The van der Waals surface area contributed by atoms with Crippen molar-refractivity contribution in [3.05, 3.63) is 35.5 Å². The van der Waals surface area contributed by atoms with Crippen LogP contribution in [0.25, 0.3) is 0 Å². The number of hydrogen-bond acceptors (Lipinski definition) is 3. The highest BCUT2D eigenvalue weighted by Crippen LogP contribution is 2.60. The molecule has 0 saturated heterocycles. The highest BCUT2D eigenvalue weighted by atomic mass is 16.3. The molecule has 3 rings (SSSR count). The van der Waals surface area contributed by atoms with Crippen molar-refractivity contribution in [3.8, 4) is 0 Å². The lowest BCUT2D eigenvalue weighted by atomic mass is 9.60. The molecule has 3 aliphatic rings. The molecule has 7 atom stereocenters. The lowest BCUT2D eigenvalue weighted by Crippen LogP contribution is -2.36. The van der Waals surface area contributed by atoms with Crippen LogP contribution in [0.15, 0.2) is 35.5 Å². The van der Waals surface area contributed by atoms with Crippen LogP contribution in [-0.2, 0) is 0 Å². The van der Waals surface area contributed by atoms with Crippen LogP contribution >= 0.6 is 0 Å². The largest absolute Gasteiger partial charge is 0.393 e. The molecule has 0 bridgehead atoms. The van der Waals surface area contributed by atoms with Gasteiger partial charge in [0, 0.05) is 6.42 Å². The Kier molecular flexibility index (Phi) is 7.61. The van der Waals surface area contributed by atoms with Gasteiger partial charge in [0.15, 0.2) is 0 Å². The molecule has 3 N–H and O–H groups in total. The maximum Gasteiger partial charge on any atom is 0.0811 e. The van der Waals surface area contributed by atoms with Crippen molar-refractivity contribution in [2.75, 3.05) is 0 Å². The Bertz CT molecular complexity index is 712. The number of hydrogen-bond donors (Lipinski definition) is 3. The summed E-state index contributed by atoms with van der Waals surface area (Å²) >= 11 is 0. The fraction of sp³-hybridized carbons (Fsp3) is 0.786. The Labute approximate surface area is 190 Å². The normalized spacial score (nSPS) is 39.0. The summed E-state index contributed by atoms with van der Waals surface area (Å²) in [7, 11) is 0. The first-order valence-corrected chi connectivity index (χ1v) is 12.6. The first-order chi connectivity index (χ1) is 14.4. The van der Waals surface area contributed by atoms with Crippen LogP contribution in [0.3, 0.4) is 0 Å². The number of aliphatic hydroxyl groups is 3. The molecule has 31 heavy (non-hydrogen) atoms. The number of allylic oxidation sites excluding steroid dienone is 3. The van der Waals surface area contributed by atoms with E-state index in [0.29, 0.717) is 36.0 Å². The van der Waals surface area contributed by atoms with Gasteiger partial charge in [-0.05, 0) is 99.0 Å². The van der Waals surface area contributed by atoms with Gasteiger partial charge in [-0.15, -0.1) is 0 Å². The predicted molar refractivity (Wildman–Crippen MR) is 129 cm³/mol. The molecular formula is C28H46O3. The van der Waals surface area contributed by atoms with E-state index in [4.69, 9.17) is 0 Å². The van der Waals surface area contributed by atoms with Crippen LogP contribution < -0.4 is 0 Å². The standard InChI is InChI=1S/C28H46O3/c1-18(9-10-19(2)27(4,5)31)24-13-14-25-21(8-7-15-28(24,25)6)11-12-22-16-23(29)17-26(30)20(22)3/h11-12,18-19,23-26,29-31H,3,7-10,13-17H2,1-2,4-6H3/b21-11+,22-12+/t18-,19-,23-,24-,25+,26+,28-/m1/s1. The highest BCUT2D eigenvalue weighted by Gasteiger charge is 2.50. The highest BCUT2D eigenvalue weighted by molar-refractivity contribution is 5.38. The van der Waals surface area contributed by atoms with Gasteiger partial charge >= 0.3 is 0 Å². The van der Waals surface area contributed by atoms with Crippen LogP contribution in [-0.4, -0.2) is 33.1 Å². The zero-order valence-electron chi connectivity index (χ0n) is 20.5. The molecule has 3 aliphatic carbocycles. The van der Waals surface area contributed by atoms with Crippen molar-refractivity contribution in [3.63, 3.8) is 0 Å². The summed E-state index contributed by atoms with van der Waals surface area (Å²) in [5.74, 6) is 2.39. The van der Waals surface area contributed by atoms with Gasteiger partial charge in [-0.1, -0.05) is 51.5 Å². The van der Waals surface area contributed by atoms with E-state index in [2.05, 4.69) is 39.5 Å². The molecule has 3 heteroatoms. The SMILES string of the molecule is C=C1/C(=C/C=C2\CCC[C@]3(C)[C@@H]([C@H](C)CC[C@@H](C)C(C)(C)O)CC[C@@H]23)C[C@@H](O)C[C@@H]1O. The first-order valence-electron chi connectivity index (χ1n) is 12.6. The van der Waals surface area contributed by atoms with Crippen molar-refractivity contribution in [1.29, 1.82) is 0 Å². The molecule has 0 spiro atoms. The predicted octanol–water partition coefficient (Wildman–Crippen LogP) is 5.95. The smallest absolute Gasteiger partial charge is 0.0811 e. The maximum atomic E-state index is 10.3. The van der Waals surface area contributed by atoms with Gasteiger partial charge in [0.25, 0.3) is 0 Å². The molecule has 0 amide bonds. The Balaban J connectivity index is 1.71. The molecule has 0 aromatic carbocycles. The summed E-state index contributed by atoms with van der Waals surface area (Å²) in [6.07, 6.45) is 12.9. The average Bonchev–Trinajstić information content (AvgIpc) is 3.04. The van der Waals surface area contributed by atoms with E-state index in [0.717, 1.165) is 23.5 Å². The van der Waals surface area contributed by atoms with Crippen LogP contribution in [0, 0.1) is 29.1 Å². The van der Waals surface area contributed by atoms with Crippen molar-refractivity contribution in [2.45, 2.75) is 110 Å². The molecule has 0 radical (unpaired) electrons. The van der Waals surface area contributed by atoms with Gasteiger partial charge < -0.3 is 15.3 Å². The average molecular weight is 431 g/mol. The number of fused-ring (bicyclic) bond motifs is 1. The van der Waals surface area contributed by atoms with E-state index in [9.17, 15) is 15.3 Å². The van der Waals surface area contributed by atoms with Gasteiger partial charge in [0.2, 0.25) is 0 Å². The zero-order chi connectivity index (χ0) is 23.0. The van der Waals surface area contributed by atoms with Gasteiger partial charge in [0.05, 0.1) is 17.8 Å². The molecule has 0 aromatic rings. The van der Waals surface area contributed by atoms with E-state index in [-0.39, 0.29) is 0 Å². The molecule has 3 nitrogen and oxygen atoms in total. The molecule has 0 unspecified atom stereocenters. The Hall–Kier alpha value is -0.900. The van der Waals surface area contributed by atoms with E-state index < -0.39 is 17.8 Å². The van der Waals surface area contributed by atoms with Gasteiger partial charge in [-0.3, -0.25) is 0 Å². The Morgan fingerprint density at radius 2 is 1.87 bits per heavy atom. The number of aliphatic hydroxyl groups excluding tert-OH is 2. The van der Waals surface area contributed by atoms with Crippen LogP contribution in [0.5, 0.6) is 0 Å². The van der Waals surface area contributed by atoms with Crippen molar-refractivity contribution in [1.82, 2.24) is 0 Å². The second kappa shape index (κ2) is 9.53. The summed E-state index contributed by atoms with van der Waals surface area (Å²) < 4.78 is 0. The van der Waals surface area contributed by atoms with Gasteiger partial charge in [0.1, 0.15) is 0 Å². The summed E-state index contributed by atoms with van der Waals surface area (Å²) in [5, 5.41) is 30.5. The van der Waals surface area contributed by atoms with Gasteiger partial charge in [-0.2, -0.15) is 0 Å². The fourth-order valence-corrected chi connectivity index (χ4v) is 6.75. The van der Waals surface area contributed by atoms with E-state index in [1.807, 2.05) is 13.8 Å². The minimum absolute atomic E-state index is 0.322.